The zero-order valence-electron chi connectivity index (χ0n) is 14.0. The summed E-state index contributed by atoms with van der Waals surface area (Å²) in [6.45, 7) is 1.54. The zero-order valence-corrected chi connectivity index (χ0v) is 14.0. The van der Waals surface area contributed by atoms with Crippen LogP contribution in [0.2, 0.25) is 0 Å². The molecule has 1 amide bonds. The van der Waals surface area contributed by atoms with Crippen molar-refractivity contribution in [1.82, 2.24) is 20.4 Å². The molecule has 1 saturated heterocycles. The van der Waals surface area contributed by atoms with E-state index in [0.717, 1.165) is 13.0 Å². The van der Waals surface area contributed by atoms with Gasteiger partial charge in [-0.25, -0.2) is 4.39 Å². The van der Waals surface area contributed by atoms with Crippen LogP contribution in [0.15, 0.2) is 28.8 Å². The molecule has 0 spiro atoms. The van der Waals surface area contributed by atoms with E-state index in [0.29, 0.717) is 36.8 Å². The van der Waals surface area contributed by atoms with Crippen molar-refractivity contribution in [3.63, 3.8) is 0 Å². The number of benzene rings is 1. The fourth-order valence-corrected chi connectivity index (χ4v) is 3.10. The number of nitrogens with one attached hydrogen (secondary N) is 1. The van der Waals surface area contributed by atoms with Gasteiger partial charge in [0, 0.05) is 19.2 Å². The van der Waals surface area contributed by atoms with Gasteiger partial charge in [0.2, 0.25) is 17.6 Å². The molecular formula is C17H21FN4O3. The average Bonchev–Trinajstić information content (AvgIpc) is 3.03. The molecule has 2 aromatic rings. The second-order valence-corrected chi connectivity index (χ2v) is 6.41. The third-order valence-electron chi connectivity index (χ3n) is 4.33. The number of amides is 1. The lowest BCUT2D eigenvalue weighted by Gasteiger charge is -2.38. The summed E-state index contributed by atoms with van der Waals surface area (Å²) >= 11 is 0. The summed E-state index contributed by atoms with van der Waals surface area (Å²) in [5.41, 5.74) is -0.371. The summed E-state index contributed by atoms with van der Waals surface area (Å²) < 4.78 is 18.2. The van der Waals surface area contributed by atoms with Crippen molar-refractivity contribution in [3.8, 4) is 11.4 Å². The van der Waals surface area contributed by atoms with Crippen LogP contribution in [0.25, 0.3) is 11.4 Å². The molecule has 3 rings (SSSR count). The molecule has 1 aliphatic rings. The molecule has 0 saturated carbocycles. The molecule has 2 N–H and O–H groups in total. The number of piperidine rings is 1. The molecule has 25 heavy (non-hydrogen) atoms. The van der Waals surface area contributed by atoms with Crippen molar-refractivity contribution in [1.29, 1.82) is 0 Å². The van der Waals surface area contributed by atoms with E-state index < -0.39 is 5.60 Å². The van der Waals surface area contributed by atoms with E-state index in [1.165, 1.54) is 12.1 Å². The van der Waals surface area contributed by atoms with E-state index in [1.807, 2.05) is 4.90 Å². The van der Waals surface area contributed by atoms with E-state index in [-0.39, 0.29) is 18.1 Å². The molecule has 1 atom stereocenters. The number of hydrogen-bond donors (Lipinski definition) is 2. The van der Waals surface area contributed by atoms with Gasteiger partial charge >= 0.3 is 0 Å². The Morgan fingerprint density at radius 3 is 2.92 bits per heavy atom. The Balaban J connectivity index is 1.64. The van der Waals surface area contributed by atoms with Crippen molar-refractivity contribution in [2.24, 2.45) is 0 Å². The summed E-state index contributed by atoms with van der Waals surface area (Å²) in [6, 6.07) is 5.86. The summed E-state index contributed by atoms with van der Waals surface area (Å²) in [7, 11) is 1.56. The highest BCUT2D eigenvalue weighted by molar-refractivity contribution is 5.76. The number of likely N-dealkylation sites (tertiary alicyclic amines) is 1. The van der Waals surface area contributed by atoms with E-state index in [9.17, 15) is 14.3 Å². The number of halogens is 1. The second kappa shape index (κ2) is 7.28. The van der Waals surface area contributed by atoms with Crippen LogP contribution in [0, 0.1) is 5.82 Å². The van der Waals surface area contributed by atoms with Crippen LogP contribution in [-0.4, -0.2) is 51.8 Å². The Morgan fingerprint density at radius 2 is 2.20 bits per heavy atom. The van der Waals surface area contributed by atoms with Crippen LogP contribution < -0.4 is 5.32 Å². The first-order valence-electron chi connectivity index (χ1n) is 8.21. The van der Waals surface area contributed by atoms with Gasteiger partial charge in [-0.2, -0.15) is 4.98 Å². The standard InChI is InChI=1S/C17H21FN4O3/c1-19-14(23)9-17(24)7-2-8-22(11-17)10-15-20-16(21-25-15)12-3-5-13(18)6-4-12/h3-6,24H,2,7-11H2,1H3,(H,19,23). The van der Waals surface area contributed by atoms with Gasteiger partial charge in [0.1, 0.15) is 5.82 Å². The van der Waals surface area contributed by atoms with Gasteiger partial charge < -0.3 is 14.9 Å². The maximum Gasteiger partial charge on any atom is 0.241 e. The van der Waals surface area contributed by atoms with Crippen LogP contribution >= 0.6 is 0 Å². The zero-order chi connectivity index (χ0) is 17.9. The molecule has 134 valence electrons. The van der Waals surface area contributed by atoms with Gasteiger partial charge in [-0.15, -0.1) is 0 Å². The van der Waals surface area contributed by atoms with Crippen molar-refractivity contribution >= 4 is 5.91 Å². The molecule has 0 radical (unpaired) electrons. The van der Waals surface area contributed by atoms with Gasteiger partial charge in [0.25, 0.3) is 0 Å². The fraction of sp³-hybridized carbons (Fsp3) is 0.471. The molecule has 1 fully saturated rings. The maximum absolute atomic E-state index is 13.0. The van der Waals surface area contributed by atoms with Crippen molar-refractivity contribution in [2.45, 2.75) is 31.4 Å². The molecule has 1 unspecified atom stereocenters. The smallest absolute Gasteiger partial charge is 0.241 e. The van der Waals surface area contributed by atoms with Gasteiger partial charge in [0.15, 0.2) is 0 Å². The van der Waals surface area contributed by atoms with Crippen LogP contribution in [-0.2, 0) is 11.3 Å². The summed E-state index contributed by atoms with van der Waals surface area (Å²) in [5.74, 6) is 0.313. The minimum Gasteiger partial charge on any atom is -0.388 e. The fourth-order valence-electron chi connectivity index (χ4n) is 3.10. The molecular weight excluding hydrogens is 327 g/mol. The minimum atomic E-state index is -1.04. The first-order chi connectivity index (χ1) is 12.0. The predicted molar refractivity (Wildman–Crippen MR) is 87.8 cm³/mol. The number of nitrogens with zero attached hydrogens (tertiary/aromatic N) is 3. The van der Waals surface area contributed by atoms with Crippen molar-refractivity contribution in [2.75, 3.05) is 20.1 Å². The molecule has 2 heterocycles. The topological polar surface area (TPSA) is 91.5 Å². The van der Waals surface area contributed by atoms with Gasteiger partial charge in [-0.05, 0) is 43.7 Å². The van der Waals surface area contributed by atoms with Crippen LogP contribution in [0.4, 0.5) is 4.39 Å². The molecule has 1 aliphatic heterocycles. The molecule has 8 heteroatoms. The monoisotopic (exact) mass is 348 g/mol. The van der Waals surface area contributed by atoms with E-state index in [4.69, 9.17) is 4.52 Å². The molecule has 1 aromatic heterocycles. The SMILES string of the molecule is CNC(=O)CC1(O)CCCN(Cc2nc(-c3ccc(F)cc3)no2)C1. The number of aromatic nitrogens is 2. The lowest BCUT2D eigenvalue weighted by Crippen LogP contribution is -2.49. The summed E-state index contributed by atoms with van der Waals surface area (Å²) in [6.07, 6.45) is 1.44. The Bertz CT molecular complexity index is 734. The number of carbonyl (C=O) groups excluding carboxylic acids is 1. The third-order valence-corrected chi connectivity index (χ3v) is 4.33. The first-order valence-corrected chi connectivity index (χ1v) is 8.21. The maximum atomic E-state index is 13.0. The predicted octanol–water partition coefficient (Wildman–Crippen LogP) is 1.34. The number of hydrogen-bond acceptors (Lipinski definition) is 6. The van der Waals surface area contributed by atoms with Crippen molar-refractivity contribution < 1.29 is 18.8 Å². The Labute approximate surface area is 144 Å². The lowest BCUT2D eigenvalue weighted by atomic mass is 9.89. The van der Waals surface area contributed by atoms with Crippen molar-refractivity contribution in [3.05, 3.63) is 36.0 Å². The average molecular weight is 348 g/mol. The highest BCUT2D eigenvalue weighted by Gasteiger charge is 2.35. The Kier molecular flexibility index (Phi) is 5.10. The van der Waals surface area contributed by atoms with E-state index in [1.54, 1.807) is 19.2 Å². The largest absolute Gasteiger partial charge is 0.388 e. The number of β-amino-alcohol motifs (C(OH)–C–C–N with tert-alkyl or cyclic N) is 1. The van der Waals surface area contributed by atoms with Gasteiger partial charge in [0.05, 0.1) is 18.6 Å². The third kappa shape index (κ3) is 4.40. The van der Waals surface area contributed by atoms with Crippen LogP contribution in [0.3, 0.4) is 0 Å². The Morgan fingerprint density at radius 1 is 1.44 bits per heavy atom. The first kappa shape index (κ1) is 17.5. The van der Waals surface area contributed by atoms with E-state index >= 15 is 0 Å². The van der Waals surface area contributed by atoms with Gasteiger partial charge in [-0.3, -0.25) is 9.69 Å². The van der Waals surface area contributed by atoms with Crippen LogP contribution in [0.5, 0.6) is 0 Å². The highest BCUT2D eigenvalue weighted by Crippen LogP contribution is 2.26. The van der Waals surface area contributed by atoms with Crippen LogP contribution in [0.1, 0.15) is 25.2 Å². The summed E-state index contributed by atoms with van der Waals surface area (Å²) in [5, 5.41) is 17.1. The number of rotatable bonds is 5. The molecule has 0 bridgehead atoms. The lowest BCUT2D eigenvalue weighted by molar-refractivity contribution is -0.128. The number of carbonyl (C=O) groups is 1. The van der Waals surface area contributed by atoms with Gasteiger partial charge in [-0.1, -0.05) is 5.16 Å². The number of aliphatic hydroxyl groups is 1. The molecule has 0 aliphatic carbocycles. The molecule has 7 nitrogen and oxygen atoms in total. The normalized spacial score (nSPS) is 21.2. The summed E-state index contributed by atoms with van der Waals surface area (Å²) in [4.78, 5) is 17.9. The quantitative estimate of drug-likeness (QED) is 0.847. The van der Waals surface area contributed by atoms with E-state index in [2.05, 4.69) is 15.5 Å². The second-order valence-electron chi connectivity index (χ2n) is 6.41. The highest BCUT2D eigenvalue weighted by atomic mass is 19.1. The Hall–Kier alpha value is -2.32. The minimum absolute atomic E-state index is 0.0741. The molecule has 1 aromatic carbocycles.